The summed E-state index contributed by atoms with van der Waals surface area (Å²) >= 11 is 0. The molecule has 0 atom stereocenters. The zero-order chi connectivity index (χ0) is 15.5. The van der Waals surface area contributed by atoms with E-state index >= 15 is 0 Å². The Morgan fingerprint density at radius 3 is 2.32 bits per heavy atom. The number of aromatic nitrogens is 2. The predicted octanol–water partition coefficient (Wildman–Crippen LogP) is 3.54. The highest BCUT2D eigenvalue weighted by Gasteiger charge is 2.11. The molecule has 110 valence electrons. The van der Waals surface area contributed by atoms with Crippen LogP contribution in [-0.2, 0) is 11.8 Å². The summed E-state index contributed by atoms with van der Waals surface area (Å²) < 4.78 is 6.76. The van der Waals surface area contributed by atoms with Crippen molar-refractivity contribution in [2.24, 2.45) is 7.05 Å². The van der Waals surface area contributed by atoms with Crippen molar-refractivity contribution in [3.63, 3.8) is 0 Å². The van der Waals surface area contributed by atoms with E-state index in [0.29, 0.717) is 5.56 Å². The van der Waals surface area contributed by atoms with Crippen LogP contribution < -0.4 is 0 Å². The van der Waals surface area contributed by atoms with Gasteiger partial charge < -0.3 is 9.30 Å². The first-order valence-electron chi connectivity index (χ1n) is 6.96. The molecule has 0 radical (unpaired) electrons. The van der Waals surface area contributed by atoms with Crippen LogP contribution in [0.25, 0.3) is 22.6 Å². The summed E-state index contributed by atoms with van der Waals surface area (Å²) in [5.74, 6) is 0.578. The molecule has 0 spiro atoms. The summed E-state index contributed by atoms with van der Waals surface area (Å²) in [6.45, 7) is 0. The van der Waals surface area contributed by atoms with Gasteiger partial charge in [-0.05, 0) is 17.7 Å². The number of imidazole rings is 1. The van der Waals surface area contributed by atoms with Gasteiger partial charge in [0, 0.05) is 12.6 Å². The van der Waals surface area contributed by atoms with Gasteiger partial charge in [0.1, 0.15) is 5.82 Å². The van der Waals surface area contributed by atoms with E-state index < -0.39 is 0 Å². The van der Waals surface area contributed by atoms with E-state index in [0.717, 1.165) is 22.6 Å². The van der Waals surface area contributed by atoms with Crippen LogP contribution in [0.2, 0.25) is 0 Å². The number of carbonyl (C=O) groups is 1. The van der Waals surface area contributed by atoms with Gasteiger partial charge in [-0.2, -0.15) is 0 Å². The summed E-state index contributed by atoms with van der Waals surface area (Å²) in [4.78, 5) is 16.0. The maximum atomic E-state index is 11.5. The second-order valence-corrected chi connectivity index (χ2v) is 4.96. The van der Waals surface area contributed by atoms with E-state index in [2.05, 4.69) is 4.98 Å². The van der Waals surface area contributed by atoms with Gasteiger partial charge in [-0.15, -0.1) is 0 Å². The molecule has 0 aliphatic heterocycles. The number of rotatable bonds is 3. The Labute approximate surface area is 129 Å². The molecule has 0 fully saturated rings. The van der Waals surface area contributed by atoms with E-state index in [-0.39, 0.29) is 5.97 Å². The molecule has 3 rings (SSSR count). The first kappa shape index (κ1) is 14.1. The van der Waals surface area contributed by atoms with Gasteiger partial charge >= 0.3 is 5.97 Å². The molecular formula is C18H16N2O2. The summed E-state index contributed by atoms with van der Waals surface area (Å²) in [5.41, 5.74) is 3.61. The molecule has 3 aromatic rings. The van der Waals surface area contributed by atoms with Crippen LogP contribution in [0.4, 0.5) is 0 Å². The molecule has 22 heavy (non-hydrogen) atoms. The van der Waals surface area contributed by atoms with Crippen molar-refractivity contribution < 1.29 is 9.53 Å². The average Bonchev–Trinajstić information content (AvgIpc) is 2.96. The van der Waals surface area contributed by atoms with Crippen molar-refractivity contribution >= 4 is 5.97 Å². The smallest absolute Gasteiger partial charge is 0.337 e. The van der Waals surface area contributed by atoms with Crippen molar-refractivity contribution in [3.05, 3.63) is 66.4 Å². The highest BCUT2D eigenvalue weighted by Crippen LogP contribution is 2.25. The maximum Gasteiger partial charge on any atom is 0.337 e. The number of esters is 1. The summed E-state index contributed by atoms with van der Waals surface area (Å²) in [6.07, 6.45) is 1.84. The Kier molecular flexibility index (Phi) is 3.74. The quantitative estimate of drug-likeness (QED) is 0.693. The fourth-order valence-corrected chi connectivity index (χ4v) is 2.43. The molecule has 1 heterocycles. The highest BCUT2D eigenvalue weighted by atomic mass is 16.5. The number of hydrogen-bond donors (Lipinski definition) is 0. The zero-order valence-corrected chi connectivity index (χ0v) is 12.5. The van der Waals surface area contributed by atoms with Gasteiger partial charge in [-0.25, -0.2) is 9.78 Å². The molecule has 2 aromatic carbocycles. The molecule has 0 unspecified atom stereocenters. The number of nitrogens with zero attached hydrogens (tertiary/aromatic N) is 2. The molecule has 0 saturated heterocycles. The van der Waals surface area contributed by atoms with Crippen LogP contribution in [0.1, 0.15) is 10.4 Å². The van der Waals surface area contributed by atoms with Gasteiger partial charge in [0.05, 0.1) is 24.6 Å². The molecule has 0 N–H and O–H groups in total. The third-order valence-electron chi connectivity index (χ3n) is 3.62. The average molecular weight is 292 g/mol. The van der Waals surface area contributed by atoms with Gasteiger partial charge in [0.15, 0.2) is 0 Å². The Morgan fingerprint density at radius 1 is 1.00 bits per heavy atom. The number of carbonyl (C=O) groups excluding carboxylic acids is 1. The van der Waals surface area contributed by atoms with Gasteiger partial charge in [-0.1, -0.05) is 42.5 Å². The molecule has 0 amide bonds. The minimum absolute atomic E-state index is 0.332. The second-order valence-electron chi connectivity index (χ2n) is 4.96. The Hall–Kier alpha value is -2.88. The van der Waals surface area contributed by atoms with E-state index in [1.807, 2.05) is 60.3 Å². The van der Waals surface area contributed by atoms with Crippen LogP contribution in [-0.4, -0.2) is 22.6 Å². The largest absolute Gasteiger partial charge is 0.465 e. The van der Waals surface area contributed by atoms with Crippen LogP contribution in [0, 0.1) is 0 Å². The van der Waals surface area contributed by atoms with Crippen LogP contribution >= 0.6 is 0 Å². The zero-order valence-electron chi connectivity index (χ0n) is 12.5. The predicted molar refractivity (Wildman–Crippen MR) is 85.4 cm³/mol. The standard InChI is InChI=1S/C18H16N2O2/c1-20-16(12-19-17(20)14-6-4-3-5-7-14)13-8-10-15(11-9-13)18(21)22-2/h3-12H,1-2H3. The van der Waals surface area contributed by atoms with Crippen molar-refractivity contribution in [3.8, 4) is 22.6 Å². The molecule has 1 aromatic heterocycles. The van der Waals surface area contributed by atoms with Gasteiger partial charge in [0.2, 0.25) is 0 Å². The van der Waals surface area contributed by atoms with E-state index in [9.17, 15) is 4.79 Å². The van der Waals surface area contributed by atoms with Gasteiger partial charge in [-0.3, -0.25) is 0 Å². The topological polar surface area (TPSA) is 44.1 Å². The van der Waals surface area contributed by atoms with Crippen molar-refractivity contribution in [1.29, 1.82) is 0 Å². The minimum atomic E-state index is -0.332. The number of benzene rings is 2. The molecule has 4 heteroatoms. The molecule has 0 aliphatic carbocycles. The Balaban J connectivity index is 1.96. The van der Waals surface area contributed by atoms with Crippen LogP contribution in [0.5, 0.6) is 0 Å². The lowest BCUT2D eigenvalue weighted by atomic mass is 10.1. The highest BCUT2D eigenvalue weighted by molar-refractivity contribution is 5.89. The first-order chi connectivity index (χ1) is 10.7. The van der Waals surface area contributed by atoms with Gasteiger partial charge in [0.25, 0.3) is 0 Å². The number of methoxy groups -OCH3 is 1. The first-order valence-corrected chi connectivity index (χ1v) is 6.96. The lowest BCUT2D eigenvalue weighted by Gasteiger charge is -2.07. The SMILES string of the molecule is COC(=O)c1ccc(-c2cnc(-c3ccccc3)n2C)cc1. The molecule has 4 nitrogen and oxygen atoms in total. The van der Waals surface area contributed by atoms with E-state index in [1.165, 1.54) is 7.11 Å². The van der Waals surface area contributed by atoms with Crippen molar-refractivity contribution in [2.45, 2.75) is 0 Å². The lowest BCUT2D eigenvalue weighted by Crippen LogP contribution is -2.01. The van der Waals surface area contributed by atoms with Crippen LogP contribution in [0.3, 0.4) is 0 Å². The third kappa shape index (κ3) is 2.51. The second kappa shape index (κ2) is 5.85. The number of hydrogen-bond acceptors (Lipinski definition) is 3. The molecule has 0 saturated carbocycles. The summed E-state index contributed by atoms with van der Waals surface area (Å²) in [6, 6.07) is 17.4. The number of ether oxygens (including phenoxy) is 1. The Morgan fingerprint density at radius 2 is 1.68 bits per heavy atom. The molecule has 0 aliphatic rings. The lowest BCUT2D eigenvalue weighted by molar-refractivity contribution is 0.0601. The van der Waals surface area contributed by atoms with E-state index in [1.54, 1.807) is 12.1 Å². The maximum absolute atomic E-state index is 11.5. The van der Waals surface area contributed by atoms with Crippen LogP contribution in [0.15, 0.2) is 60.8 Å². The summed E-state index contributed by atoms with van der Waals surface area (Å²) in [7, 11) is 3.36. The van der Waals surface area contributed by atoms with E-state index in [4.69, 9.17) is 4.74 Å². The third-order valence-corrected chi connectivity index (χ3v) is 3.62. The minimum Gasteiger partial charge on any atom is -0.465 e. The molecular weight excluding hydrogens is 276 g/mol. The molecule has 0 bridgehead atoms. The fraction of sp³-hybridized carbons (Fsp3) is 0.111. The monoisotopic (exact) mass is 292 g/mol. The van der Waals surface area contributed by atoms with Crippen molar-refractivity contribution in [1.82, 2.24) is 9.55 Å². The Bertz CT molecular complexity index is 790. The fourth-order valence-electron chi connectivity index (χ4n) is 2.43. The normalized spacial score (nSPS) is 10.5. The summed E-state index contributed by atoms with van der Waals surface area (Å²) in [5, 5.41) is 0. The van der Waals surface area contributed by atoms with Crippen molar-refractivity contribution in [2.75, 3.05) is 7.11 Å².